The van der Waals surface area contributed by atoms with E-state index in [4.69, 9.17) is 10.00 Å². The van der Waals surface area contributed by atoms with Crippen LogP contribution in [-0.4, -0.2) is 42.9 Å². The van der Waals surface area contributed by atoms with Gasteiger partial charge in [0, 0.05) is 19.5 Å². The van der Waals surface area contributed by atoms with E-state index < -0.39 is 17.8 Å². The Morgan fingerprint density at radius 3 is 2.67 bits per heavy atom. The van der Waals surface area contributed by atoms with Gasteiger partial charge in [0.05, 0.1) is 11.6 Å². The van der Waals surface area contributed by atoms with Gasteiger partial charge in [-0.15, -0.1) is 0 Å². The summed E-state index contributed by atoms with van der Waals surface area (Å²) in [6.07, 6.45) is -5.11. The maximum Gasteiger partial charge on any atom is 0.419 e. The quantitative estimate of drug-likeness (QED) is 0.839. The molecule has 7 heteroatoms. The van der Waals surface area contributed by atoms with Crippen LogP contribution in [0.5, 0.6) is 5.75 Å². The summed E-state index contributed by atoms with van der Waals surface area (Å²) in [4.78, 5) is 1.72. The summed E-state index contributed by atoms with van der Waals surface area (Å²) < 4.78 is 43.3. The van der Waals surface area contributed by atoms with Crippen molar-refractivity contribution in [3.05, 3.63) is 29.8 Å². The number of benzene rings is 1. The second-order valence-corrected chi connectivity index (χ2v) is 4.63. The van der Waals surface area contributed by atoms with Gasteiger partial charge in [0.1, 0.15) is 18.5 Å². The van der Waals surface area contributed by atoms with Crippen LogP contribution in [-0.2, 0) is 6.18 Å². The van der Waals surface area contributed by atoms with Crippen molar-refractivity contribution in [2.24, 2.45) is 0 Å². The Kier molecular flexibility index (Phi) is 6.46. The summed E-state index contributed by atoms with van der Waals surface area (Å²) in [7, 11) is 1.71. The van der Waals surface area contributed by atoms with Crippen LogP contribution in [0, 0.1) is 11.3 Å². The molecule has 0 radical (unpaired) electrons. The standard InChI is InChI=1S/C14H17F3N2O2/c1-19(8-4-7-18)9-11(20)10-21-13-6-3-2-5-12(13)14(15,16)17/h2-3,5-6,11,20H,4,8-10H2,1H3. The monoisotopic (exact) mass is 302 g/mol. The van der Waals surface area contributed by atoms with Crippen LogP contribution in [0.1, 0.15) is 12.0 Å². The number of hydrogen-bond donors (Lipinski definition) is 1. The van der Waals surface area contributed by atoms with Crippen LogP contribution in [0.15, 0.2) is 24.3 Å². The van der Waals surface area contributed by atoms with Crippen molar-refractivity contribution in [3.8, 4) is 11.8 Å². The maximum atomic E-state index is 12.7. The number of ether oxygens (including phenoxy) is 1. The molecule has 1 unspecified atom stereocenters. The molecule has 0 aliphatic carbocycles. The zero-order valence-corrected chi connectivity index (χ0v) is 11.6. The highest BCUT2D eigenvalue weighted by molar-refractivity contribution is 5.35. The first-order valence-electron chi connectivity index (χ1n) is 6.37. The lowest BCUT2D eigenvalue weighted by molar-refractivity contribution is -0.139. The number of para-hydroxylation sites is 1. The van der Waals surface area contributed by atoms with Crippen molar-refractivity contribution in [3.63, 3.8) is 0 Å². The number of nitrogens with zero attached hydrogens (tertiary/aromatic N) is 2. The summed E-state index contributed by atoms with van der Waals surface area (Å²) >= 11 is 0. The number of hydrogen-bond acceptors (Lipinski definition) is 4. The number of nitriles is 1. The summed E-state index contributed by atoms with van der Waals surface area (Å²) in [6.45, 7) is 0.451. The minimum atomic E-state index is -4.49. The molecule has 116 valence electrons. The van der Waals surface area contributed by atoms with Gasteiger partial charge in [-0.2, -0.15) is 18.4 Å². The molecule has 1 N–H and O–H groups in total. The summed E-state index contributed by atoms with van der Waals surface area (Å²) in [5.74, 6) is -0.302. The lowest BCUT2D eigenvalue weighted by Crippen LogP contribution is -2.33. The Labute approximate surface area is 121 Å². The van der Waals surface area contributed by atoms with Crippen molar-refractivity contribution in [1.82, 2.24) is 4.90 Å². The van der Waals surface area contributed by atoms with Crippen LogP contribution in [0.25, 0.3) is 0 Å². The highest BCUT2D eigenvalue weighted by Crippen LogP contribution is 2.35. The molecule has 0 aliphatic rings. The third kappa shape index (κ3) is 6.02. The highest BCUT2D eigenvalue weighted by atomic mass is 19.4. The predicted octanol–water partition coefficient (Wildman–Crippen LogP) is 2.29. The van der Waals surface area contributed by atoms with E-state index in [9.17, 15) is 18.3 Å². The zero-order valence-electron chi connectivity index (χ0n) is 11.6. The van der Waals surface area contributed by atoms with Gasteiger partial charge in [0.2, 0.25) is 0 Å². The van der Waals surface area contributed by atoms with Gasteiger partial charge in [-0.3, -0.25) is 0 Å². The minimum Gasteiger partial charge on any atom is -0.490 e. The second kappa shape index (κ2) is 7.86. The molecule has 0 saturated heterocycles. The van der Waals surface area contributed by atoms with E-state index in [0.717, 1.165) is 6.07 Å². The Hall–Kier alpha value is -1.78. The molecule has 1 aromatic rings. The zero-order chi connectivity index (χ0) is 15.9. The van der Waals surface area contributed by atoms with Crippen LogP contribution < -0.4 is 4.74 Å². The average molecular weight is 302 g/mol. The van der Waals surface area contributed by atoms with E-state index in [2.05, 4.69) is 0 Å². The van der Waals surface area contributed by atoms with Crippen LogP contribution >= 0.6 is 0 Å². The van der Waals surface area contributed by atoms with E-state index in [1.54, 1.807) is 11.9 Å². The molecule has 0 aliphatic heterocycles. The highest BCUT2D eigenvalue weighted by Gasteiger charge is 2.34. The van der Waals surface area contributed by atoms with Crippen LogP contribution in [0.2, 0.25) is 0 Å². The first kappa shape index (κ1) is 17.3. The molecule has 0 amide bonds. The van der Waals surface area contributed by atoms with E-state index in [1.165, 1.54) is 18.2 Å². The number of aliphatic hydroxyl groups is 1. The second-order valence-electron chi connectivity index (χ2n) is 4.63. The summed E-state index contributed by atoms with van der Waals surface area (Å²) in [5, 5.41) is 18.2. The van der Waals surface area contributed by atoms with Crippen molar-refractivity contribution in [1.29, 1.82) is 5.26 Å². The maximum absolute atomic E-state index is 12.7. The van der Waals surface area contributed by atoms with Gasteiger partial charge in [0.15, 0.2) is 0 Å². The van der Waals surface area contributed by atoms with Gasteiger partial charge in [-0.1, -0.05) is 12.1 Å². The molecule has 21 heavy (non-hydrogen) atoms. The van der Waals surface area contributed by atoms with E-state index >= 15 is 0 Å². The van der Waals surface area contributed by atoms with Gasteiger partial charge >= 0.3 is 6.18 Å². The summed E-state index contributed by atoms with van der Waals surface area (Å²) in [6, 6.07) is 6.84. The number of rotatable bonds is 7. The lowest BCUT2D eigenvalue weighted by atomic mass is 10.2. The van der Waals surface area contributed by atoms with Crippen LogP contribution in [0.4, 0.5) is 13.2 Å². The van der Waals surface area contributed by atoms with Crippen molar-refractivity contribution < 1.29 is 23.0 Å². The minimum absolute atomic E-state index is 0.218. The molecule has 1 aromatic carbocycles. The van der Waals surface area contributed by atoms with E-state index in [1.807, 2.05) is 6.07 Å². The normalized spacial score (nSPS) is 13.0. The number of likely N-dealkylation sites (N-methyl/N-ethyl adjacent to an activating group) is 1. The van der Waals surface area contributed by atoms with Gasteiger partial charge in [-0.25, -0.2) is 0 Å². The fourth-order valence-corrected chi connectivity index (χ4v) is 1.76. The Balaban J connectivity index is 2.54. The largest absolute Gasteiger partial charge is 0.490 e. The van der Waals surface area contributed by atoms with E-state index in [0.29, 0.717) is 13.0 Å². The number of aliphatic hydroxyl groups excluding tert-OH is 1. The number of halogens is 3. The smallest absolute Gasteiger partial charge is 0.419 e. The molecule has 1 atom stereocenters. The molecular weight excluding hydrogens is 285 g/mol. The molecule has 0 spiro atoms. The van der Waals surface area contributed by atoms with Crippen molar-refractivity contribution >= 4 is 0 Å². The lowest BCUT2D eigenvalue weighted by Gasteiger charge is -2.20. The average Bonchev–Trinajstić information content (AvgIpc) is 2.42. The molecule has 0 aromatic heterocycles. The Morgan fingerprint density at radius 2 is 2.05 bits per heavy atom. The third-order valence-electron chi connectivity index (χ3n) is 2.75. The molecule has 0 bridgehead atoms. The SMILES string of the molecule is CN(CCC#N)CC(O)COc1ccccc1C(F)(F)F. The number of alkyl halides is 3. The van der Waals surface area contributed by atoms with Gasteiger partial charge in [-0.05, 0) is 19.2 Å². The fraction of sp³-hybridized carbons (Fsp3) is 0.500. The third-order valence-corrected chi connectivity index (χ3v) is 2.75. The van der Waals surface area contributed by atoms with Crippen molar-refractivity contribution in [2.45, 2.75) is 18.7 Å². The molecule has 1 rings (SSSR count). The van der Waals surface area contributed by atoms with Gasteiger partial charge < -0.3 is 14.7 Å². The first-order valence-corrected chi connectivity index (χ1v) is 6.37. The van der Waals surface area contributed by atoms with Crippen LogP contribution in [0.3, 0.4) is 0 Å². The van der Waals surface area contributed by atoms with E-state index in [-0.39, 0.29) is 18.9 Å². The molecule has 0 heterocycles. The summed E-state index contributed by atoms with van der Waals surface area (Å²) in [5.41, 5.74) is -0.866. The molecule has 0 saturated carbocycles. The predicted molar refractivity (Wildman–Crippen MR) is 70.7 cm³/mol. The topological polar surface area (TPSA) is 56.5 Å². The molecule has 0 fully saturated rings. The Bertz CT molecular complexity index is 486. The fourth-order valence-electron chi connectivity index (χ4n) is 1.76. The Morgan fingerprint density at radius 1 is 1.38 bits per heavy atom. The van der Waals surface area contributed by atoms with Gasteiger partial charge in [0.25, 0.3) is 0 Å². The molecular formula is C14H17F3N2O2. The first-order chi connectivity index (χ1) is 9.84. The molecule has 4 nitrogen and oxygen atoms in total. The van der Waals surface area contributed by atoms with Crippen molar-refractivity contribution in [2.75, 3.05) is 26.7 Å².